The molecule has 0 amide bonds. The summed E-state index contributed by atoms with van der Waals surface area (Å²) in [7, 11) is 0. The molecule has 0 aromatic heterocycles. The normalized spacial score (nSPS) is 12.1. The molecule has 0 aliphatic rings. The van der Waals surface area contributed by atoms with Crippen molar-refractivity contribution in [1.29, 1.82) is 0 Å². The van der Waals surface area contributed by atoms with Crippen LogP contribution in [0.3, 0.4) is 0 Å². The first-order valence-electron chi connectivity index (χ1n) is 5.04. The zero-order valence-electron chi connectivity index (χ0n) is 8.88. The Morgan fingerprint density at radius 3 is 2.57 bits per heavy atom. The van der Waals surface area contributed by atoms with Crippen LogP contribution in [0.1, 0.15) is 25.0 Å². The van der Waals surface area contributed by atoms with E-state index in [-0.39, 0.29) is 6.04 Å². The fourth-order valence-corrected chi connectivity index (χ4v) is 1.40. The van der Waals surface area contributed by atoms with Crippen molar-refractivity contribution >= 4 is 0 Å². The molecule has 1 aromatic rings. The van der Waals surface area contributed by atoms with Crippen LogP contribution in [0.4, 0.5) is 0 Å². The van der Waals surface area contributed by atoms with Crippen LogP contribution in [0.25, 0.3) is 0 Å². The van der Waals surface area contributed by atoms with Gasteiger partial charge in [0, 0.05) is 6.54 Å². The number of terminal acetylenes is 1. The van der Waals surface area contributed by atoms with Crippen LogP contribution in [0.15, 0.2) is 24.3 Å². The van der Waals surface area contributed by atoms with Gasteiger partial charge >= 0.3 is 0 Å². The smallest absolute Gasteiger partial charge is 0.0660 e. The summed E-state index contributed by atoms with van der Waals surface area (Å²) in [6, 6.07) is 8.59. The number of hydrogen-bond donors (Lipinski definition) is 1. The highest BCUT2D eigenvalue weighted by molar-refractivity contribution is 5.27. The molecule has 0 fully saturated rings. The Balaban J connectivity index is 2.63. The van der Waals surface area contributed by atoms with Gasteiger partial charge in [-0.05, 0) is 24.5 Å². The molecule has 1 heteroatoms. The second-order valence-corrected chi connectivity index (χ2v) is 3.39. The molecule has 1 rings (SSSR count). The monoisotopic (exact) mass is 187 g/mol. The third kappa shape index (κ3) is 2.90. The maximum atomic E-state index is 5.29. The van der Waals surface area contributed by atoms with E-state index < -0.39 is 0 Å². The van der Waals surface area contributed by atoms with E-state index in [2.05, 4.69) is 42.4 Å². The highest BCUT2D eigenvalue weighted by Gasteiger charge is 2.00. The predicted molar refractivity (Wildman–Crippen MR) is 61.0 cm³/mol. The van der Waals surface area contributed by atoms with Crippen LogP contribution in [-0.2, 0) is 13.0 Å². The lowest BCUT2D eigenvalue weighted by molar-refractivity contribution is 0.644. The number of aryl methyl sites for hydroxylation is 1. The van der Waals surface area contributed by atoms with E-state index in [4.69, 9.17) is 6.42 Å². The third-order valence-electron chi connectivity index (χ3n) is 2.35. The zero-order valence-corrected chi connectivity index (χ0v) is 8.88. The van der Waals surface area contributed by atoms with E-state index >= 15 is 0 Å². The quantitative estimate of drug-likeness (QED) is 0.713. The fraction of sp³-hybridized carbons (Fsp3) is 0.385. The molecule has 0 spiro atoms. The van der Waals surface area contributed by atoms with Crippen LogP contribution in [0.2, 0.25) is 0 Å². The van der Waals surface area contributed by atoms with Gasteiger partial charge in [-0.3, -0.25) is 5.32 Å². The molecule has 1 nitrogen and oxygen atoms in total. The summed E-state index contributed by atoms with van der Waals surface area (Å²) in [5, 5.41) is 3.29. The molecule has 0 aliphatic carbocycles. The number of rotatable bonds is 4. The van der Waals surface area contributed by atoms with Crippen molar-refractivity contribution in [2.45, 2.75) is 32.9 Å². The molecule has 14 heavy (non-hydrogen) atoms. The van der Waals surface area contributed by atoms with Gasteiger partial charge in [0.05, 0.1) is 6.04 Å². The van der Waals surface area contributed by atoms with Crippen molar-refractivity contribution in [3.05, 3.63) is 35.4 Å². The Labute approximate surface area is 86.5 Å². The van der Waals surface area contributed by atoms with Gasteiger partial charge in [0.1, 0.15) is 0 Å². The molecular formula is C13H17N. The van der Waals surface area contributed by atoms with Crippen LogP contribution in [0.5, 0.6) is 0 Å². The minimum atomic E-state index is 0.139. The van der Waals surface area contributed by atoms with Gasteiger partial charge in [-0.2, -0.15) is 0 Å². The number of hydrogen-bond acceptors (Lipinski definition) is 1. The van der Waals surface area contributed by atoms with Crippen molar-refractivity contribution in [3.63, 3.8) is 0 Å². The average molecular weight is 187 g/mol. The first-order valence-corrected chi connectivity index (χ1v) is 5.04. The largest absolute Gasteiger partial charge is 0.300 e. The Hall–Kier alpha value is -1.26. The third-order valence-corrected chi connectivity index (χ3v) is 2.35. The summed E-state index contributed by atoms with van der Waals surface area (Å²) < 4.78 is 0. The Morgan fingerprint density at radius 2 is 2.00 bits per heavy atom. The van der Waals surface area contributed by atoms with Gasteiger partial charge in [-0.15, -0.1) is 6.42 Å². The second-order valence-electron chi connectivity index (χ2n) is 3.39. The molecule has 74 valence electrons. The minimum Gasteiger partial charge on any atom is -0.300 e. The van der Waals surface area contributed by atoms with Crippen molar-refractivity contribution in [3.8, 4) is 12.3 Å². The topological polar surface area (TPSA) is 12.0 Å². The molecule has 0 saturated heterocycles. The molecule has 0 heterocycles. The summed E-state index contributed by atoms with van der Waals surface area (Å²) in [4.78, 5) is 0. The van der Waals surface area contributed by atoms with Gasteiger partial charge in [-0.25, -0.2) is 0 Å². The summed E-state index contributed by atoms with van der Waals surface area (Å²) in [6.45, 7) is 5.02. The van der Waals surface area contributed by atoms with E-state index in [0.717, 1.165) is 13.0 Å². The van der Waals surface area contributed by atoms with E-state index in [1.807, 2.05) is 6.92 Å². The van der Waals surface area contributed by atoms with E-state index in [9.17, 15) is 0 Å². The lowest BCUT2D eigenvalue weighted by atomic mass is 10.1. The predicted octanol–water partition coefficient (Wildman–Crippen LogP) is 2.36. The second kappa shape index (κ2) is 5.47. The molecule has 1 atom stereocenters. The summed E-state index contributed by atoms with van der Waals surface area (Å²) >= 11 is 0. The molecule has 1 N–H and O–H groups in total. The molecule has 0 radical (unpaired) electrons. The summed E-state index contributed by atoms with van der Waals surface area (Å²) in [5.41, 5.74) is 2.74. The van der Waals surface area contributed by atoms with Crippen LogP contribution >= 0.6 is 0 Å². The van der Waals surface area contributed by atoms with Crippen LogP contribution < -0.4 is 5.32 Å². The van der Waals surface area contributed by atoms with E-state index in [0.29, 0.717) is 0 Å². The standard InChI is InChI=1S/C13H17N/c1-4-11(3)14-10-13-9-7-6-8-12(13)5-2/h1,6-9,11,14H,5,10H2,2-3H3. The zero-order chi connectivity index (χ0) is 10.4. The van der Waals surface area contributed by atoms with Gasteiger partial charge in [0.2, 0.25) is 0 Å². The van der Waals surface area contributed by atoms with Gasteiger partial charge in [0.15, 0.2) is 0 Å². The van der Waals surface area contributed by atoms with E-state index in [1.54, 1.807) is 0 Å². The Kier molecular flexibility index (Phi) is 4.22. The van der Waals surface area contributed by atoms with Crippen molar-refractivity contribution < 1.29 is 0 Å². The number of benzene rings is 1. The molecule has 1 unspecified atom stereocenters. The van der Waals surface area contributed by atoms with Crippen molar-refractivity contribution in [2.24, 2.45) is 0 Å². The molecular weight excluding hydrogens is 170 g/mol. The molecule has 0 saturated carbocycles. The van der Waals surface area contributed by atoms with Gasteiger partial charge in [0.25, 0.3) is 0 Å². The maximum Gasteiger partial charge on any atom is 0.0660 e. The van der Waals surface area contributed by atoms with Crippen LogP contribution in [0, 0.1) is 12.3 Å². The first kappa shape index (κ1) is 10.8. The van der Waals surface area contributed by atoms with Gasteiger partial charge < -0.3 is 0 Å². The Morgan fingerprint density at radius 1 is 1.36 bits per heavy atom. The minimum absolute atomic E-state index is 0.139. The summed E-state index contributed by atoms with van der Waals surface area (Å²) in [6.07, 6.45) is 6.37. The average Bonchev–Trinajstić information content (AvgIpc) is 2.26. The lowest BCUT2D eigenvalue weighted by Gasteiger charge is -2.10. The van der Waals surface area contributed by atoms with Crippen molar-refractivity contribution in [1.82, 2.24) is 5.32 Å². The van der Waals surface area contributed by atoms with Crippen LogP contribution in [-0.4, -0.2) is 6.04 Å². The molecule has 1 aromatic carbocycles. The summed E-state index contributed by atoms with van der Waals surface area (Å²) in [5.74, 6) is 2.66. The van der Waals surface area contributed by atoms with Crippen molar-refractivity contribution in [2.75, 3.05) is 0 Å². The Bertz CT molecular complexity index is 322. The first-order chi connectivity index (χ1) is 6.77. The van der Waals surface area contributed by atoms with Gasteiger partial charge in [-0.1, -0.05) is 37.1 Å². The van der Waals surface area contributed by atoms with E-state index in [1.165, 1.54) is 11.1 Å². The highest BCUT2D eigenvalue weighted by Crippen LogP contribution is 2.08. The number of nitrogens with one attached hydrogen (secondary N) is 1. The maximum absolute atomic E-state index is 5.29. The highest BCUT2D eigenvalue weighted by atomic mass is 14.9. The fourth-order valence-electron chi connectivity index (χ4n) is 1.40. The molecule has 0 aliphatic heterocycles. The SMILES string of the molecule is C#CC(C)NCc1ccccc1CC. The lowest BCUT2D eigenvalue weighted by Crippen LogP contribution is -2.24. The molecule has 0 bridgehead atoms.